The van der Waals surface area contributed by atoms with Crippen molar-refractivity contribution in [1.29, 1.82) is 0 Å². The first kappa shape index (κ1) is 18.2. The number of nitrogens with two attached hydrogens (primary N) is 1. The number of sulfonamides is 1. The van der Waals surface area contributed by atoms with Crippen LogP contribution in [0, 0.1) is 6.92 Å². The highest BCUT2D eigenvalue weighted by molar-refractivity contribution is 7.89. The Labute approximate surface area is 147 Å². The van der Waals surface area contributed by atoms with Gasteiger partial charge in [-0.25, -0.2) is 13.6 Å². The van der Waals surface area contributed by atoms with Gasteiger partial charge in [0, 0.05) is 6.54 Å². The minimum atomic E-state index is -3.68. The van der Waals surface area contributed by atoms with Gasteiger partial charge in [0.2, 0.25) is 10.0 Å². The van der Waals surface area contributed by atoms with E-state index in [0.717, 1.165) is 16.8 Å². The summed E-state index contributed by atoms with van der Waals surface area (Å²) in [5.41, 5.74) is 2.74. The molecule has 6 nitrogen and oxygen atoms in total. The van der Waals surface area contributed by atoms with E-state index >= 15 is 0 Å². The van der Waals surface area contributed by atoms with E-state index in [2.05, 4.69) is 10.6 Å². The molecule has 4 N–H and O–H groups in total. The van der Waals surface area contributed by atoms with Gasteiger partial charge in [-0.3, -0.25) is 0 Å². The predicted octanol–water partition coefficient (Wildman–Crippen LogP) is 2.14. The Morgan fingerprint density at radius 3 is 2.46 bits per heavy atom. The van der Waals surface area contributed by atoms with Crippen molar-refractivity contribution in [1.82, 2.24) is 5.32 Å². The molecule has 0 aliphatic rings. The molecule has 0 aromatic heterocycles. The number of nitrogens with one attached hydrogen (secondary N) is 2. The van der Waals surface area contributed by atoms with Gasteiger partial charge in [0.25, 0.3) is 0 Å². The Morgan fingerprint density at radius 2 is 1.88 bits per heavy atom. The molecule has 0 unspecified atom stereocenters. The van der Waals surface area contributed by atoms with Crippen molar-refractivity contribution < 1.29 is 13.2 Å². The number of primary sulfonamides is 1. The average Bonchev–Trinajstić information content (AvgIpc) is 2.53. The standard InChI is InChI=1S/C16H19N3O3S2/c1-11-3-8-15(22-2)14(9-11)19-16(23)18-10-12-4-6-13(7-5-12)24(17,20)21/h3-9H,10H2,1-2H3,(H2,17,20,21)(H2,18,19,23). The van der Waals surface area contributed by atoms with Crippen molar-refractivity contribution in [2.45, 2.75) is 18.4 Å². The number of aryl methyl sites for hydroxylation is 1. The number of rotatable bonds is 5. The second kappa shape index (κ2) is 7.61. The minimum Gasteiger partial charge on any atom is -0.495 e. The number of hydrogen-bond donors (Lipinski definition) is 3. The summed E-state index contributed by atoms with van der Waals surface area (Å²) in [6.45, 7) is 2.43. The summed E-state index contributed by atoms with van der Waals surface area (Å²) in [5.74, 6) is 0.697. The molecule has 0 bridgehead atoms. The van der Waals surface area contributed by atoms with Crippen LogP contribution < -0.4 is 20.5 Å². The Hall–Kier alpha value is -2.16. The maximum atomic E-state index is 11.2. The van der Waals surface area contributed by atoms with Crippen LogP contribution in [0.4, 0.5) is 5.69 Å². The summed E-state index contributed by atoms with van der Waals surface area (Å²) in [6, 6.07) is 12.1. The third kappa shape index (κ3) is 4.92. The summed E-state index contributed by atoms with van der Waals surface area (Å²) >= 11 is 5.28. The fourth-order valence-corrected chi connectivity index (χ4v) is 2.76. The van der Waals surface area contributed by atoms with E-state index in [4.69, 9.17) is 22.1 Å². The third-order valence-electron chi connectivity index (χ3n) is 3.31. The maximum absolute atomic E-state index is 11.2. The molecule has 0 aliphatic carbocycles. The summed E-state index contributed by atoms with van der Waals surface area (Å²) in [7, 11) is -2.08. The zero-order valence-electron chi connectivity index (χ0n) is 13.4. The van der Waals surface area contributed by atoms with Crippen molar-refractivity contribution in [3.8, 4) is 5.75 Å². The fraction of sp³-hybridized carbons (Fsp3) is 0.188. The Kier molecular flexibility index (Phi) is 5.76. The monoisotopic (exact) mass is 365 g/mol. The van der Waals surface area contributed by atoms with Gasteiger partial charge in [-0.2, -0.15) is 0 Å². The van der Waals surface area contributed by atoms with Gasteiger partial charge in [-0.1, -0.05) is 18.2 Å². The summed E-state index contributed by atoms with van der Waals surface area (Å²) in [6.07, 6.45) is 0. The SMILES string of the molecule is COc1ccc(C)cc1NC(=S)NCc1ccc(S(N)(=O)=O)cc1. The molecule has 0 aliphatic heterocycles. The molecule has 128 valence electrons. The molecule has 0 heterocycles. The van der Waals surface area contributed by atoms with Crippen molar-refractivity contribution in [2.24, 2.45) is 5.14 Å². The summed E-state index contributed by atoms with van der Waals surface area (Å²) in [4.78, 5) is 0.0800. The van der Waals surface area contributed by atoms with Gasteiger partial charge in [-0.15, -0.1) is 0 Å². The normalized spacial score (nSPS) is 11.0. The van der Waals surface area contributed by atoms with Crippen molar-refractivity contribution in [3.05, 3.63) is 53.6 Å². The highest BCUT2D eigenvalue weighted by Gasteiger charge is 2.08. The molecule has 0 atom stereocenters. The lowest BCUT2D eigenvalue weighted by atomic mass is 10.2. The van der Waals surface area contributed by atoms with Gasteiger partial charge in [0.15, 0.2) is 5.11 Å². The number of benzene rings is 2. The molecule has 0 spiro atoms. The first-order valence-corrected chi connectivity index (χ1v) is 9.06. The lowest BCUT2D eigenvalue weighted by Gasteiger charge is -2.14. The topological polar surface area (TPSA) is 93.4 Å². The summed E-state index contributed by atoms with van der Waals surface area (Å²) < 4.78 is 27.7. The Balaban J connectivity index is 1.97. The van der Waals surface area contributed by atoms with E-state index in [1.165, 1.54) is 12.1 Å². The van der Waals surface area contributed by atoms with E-state index in [-0.39, 0.29) is 4.90 Å². The van der Waals surface area contributed by atoms with E-state index < -0.39 is 10.0 Å². The second-order valence-electron chi connectivity index (χ2n) is 5.20. The Bertz CT molecular complexity index is 834. The van der Waals surface area contributed by atoms with Crippen molar-refractivity contribution >= 4 is 33.0 Å². The maximum Gasteiger partial charge on any atom is 0.238 e. The first-order chi connectivity index (χ1) is 11.3. The molecular formula is C16H19N3O3S2. The molecule has 0 radical (unpaired) electrons. The molecule has 24 heavy (non-hydrogen) atoms. The number of ether oxygens (including phenoxy) is 1. The van der Waals surface area contributed by atoms with Gasteiger partial charge in [-0.05, 0) is 54.5 Å². The molecular weight excluding hydrogens is 346 g/mol. The lowest BCUT2D eigenvalue weighted by Crippen LogP contribution is -2.28. The number of methoxy groups -OCH3 is 1. The summed E-state index contributed by atoms with van der Waals surface area (Å²) in [5, 5.41) is 11.7. The zero-order chi connectivity index (χ0) is 17.7. The van der Waals surface area contributed by atoms with Crippen LogP contribution in [0.3, 0.4) is 0 Å². The molecule has 8 heteroatoms. The molecule has 0 saturated heterocycles. The largest absolute Gasteiger partial charge is 0.495 e. The van der Waals surface area contributed by atoms with Crippen LogP contribution in [0.5, 0.6) is 5.75 Å². The Morgan fingerprint density at radius 1 is 1.21 bits per heavy atom. The number of hydrogen-bond acceptors (Lipinski definition) is 4. The van der Waals surface area contributed by atoms with Crippen molar-refractivity contribution in [3.63, 3.8) is 0 Å². The molecule has 2 aromatic rings. The van der Waals surface area contributed by atoms with Gasteiger partial charge in [0.05, 0.1) is 17.7 Å². The average molecular weight is 365 g/mol. The van der Waals surface area contributed by atoms with Crippen LogP contribution in [0.1, 0.15) is 11.1 Å². The van der Waals surface area contributed by atoms with Crippen molar-refractivity contribution in [2.75, 3.05) is 12.4 Å². The minimum absolute atomic E-state index is 0.0800. The highest BCUT2D eigenvalue weighted by atomic mass is 32.2. The van der Waals surface area contributed by atoms with Crippen LogP contribution in [-0.2, 0) is 16.6 Å². The van der Waals surface area contributed by atoms with Crippen LogP contribution in [0.2, 0.25) is 0 Å². The second-order valence-corrected chi connectivity index (χ2v) is 7.17. The van der Waals surface area contributed by atoms with Crippen LogP contribution in [0.25, 0.3) is 0 Å². The first-order valence-electron chi connectivity index (χ1n) is 7.11. The van der Waals surface area contributed by atoms with Gasteiger partial charge in [0.1, 0.15) is 5.75 Å². The van der Waals surface area contributed by atoms with E-state index in [1.807, 2.05) is 25.1 Å². The van der Waals surface area contributed by atoms with Crippen LogP contribution >= 0.6 is 12.2 Å². The highest BCUT2D eigenvalue weighted by Crippen LogP contribution is 2.25. The predicted molar refractivity (Wildman–Crippen MR) is 98.6 cm³/mol. The molecule has 0 fully saturated rings. The third-order valence-corrected chi connectivity index (χ3v) is 4.48. The van der Waals surface area contributed by atoms with Gasteiger partial charge < -0.3 is 15.4 Å². The number of thiocarbonyl (C=S) groups is 1. The number of anilines is 1. The lowest BCUT2D eigenvalue weighted by molar-refractivity contribution is 0.417. The van der Waals surface area contributed by atoms with E-state index in [0.29, 0.717) is 17.4 Å². The molecule has 2 aromatic carbocycles. The van der Waals surface area contributed by atoms with Gasteiger partial charge >= 0.3 is 0 Å². The fourth-order valence-electron chi connectivity index (χ4n) is 2.07. The zero-order valence-corrected chi connectivity index (χ0v) is 15.0. The molecule has 2 rings (SSSR count). The quantitative estimate of drug-likeness (QED) is 0.703. The van der Waals surface area contributed by atoms with E-state index in [9.17, 15) is 8.42 Å². The van der Waals surface area contributed by atoms with Crippen LogP contribution in [0.15, 0.2) is 47.4 Å². The molecule has 0 amide bonds. The van der Waals surface area contributed by atoms with E-state index in [1.54, 1.807) is 19.2 Å². The smallest absolute Gasteiger partial charge is 0.238 e. The van der Waals surface area contributed by atoms with Crippen LogP contribution in [-0.4, -0.2) is 20.6 Å². The molecule has 0 saturated carbocycles.